The first-order valence-corrected chi connectivity index (χ1v) is 13.8. The molecule has 1 fully saturated rings. The number of rotatable bonds is 11. The van der Waals surface area contributed by atoms with Gasteiger partial charge in [-0.1, -0.05) is 42.3 Å². The molecule has 7 nitrogen and oxygen atoms in total. The first-order valence-electron chi connectivity index (χ1n) is 13.1. The molecule has 2 aliphatic heterocycles. The zero-order valence-corrected chi connectivity index (χ0v) is 22.8. The minimum absolute atomic E-state index is 0.117. The predicted octanol–water partition coefficient (Wildman–Crippen LogP) is 5.43. The van der Waals surface area contributed by atoms with Gasteiger partial charge in [0.25, 0.3) is 0 Å². The average Bonchev–Trinajstić information content (AvgIpc) is 2.89. The fourth-order valence-electron chi connectivity index (χ4n) is 4.71. The third-order valence-electron chi connectivity index (χ3n) is 6.86. The topological polar surface area (TPSA) is 71.1 Å². The number of hydrogen-bond acceptors (Lipinski definition) is 6. The first kappa shape index (κ1) is 27.6. The Bertz CT molecular complexity index is 1090. The van der Waals surface area contributed by atoms with Gasteiger partial charge in [-0.25, -0.2) is 0 Å². The Morgan fingerprint density at radius 2 is 1.92 bits per heavy atom. The lowest BCUT2D eigenvalue weighted by atomic mass is 9.93. The van der Waals surface area contributed by atoms with Gasteiger partial charge in [0.2, 0.25) is 5.91 Å². The third-order valence-corrected chi connectivity index (χ3v) is 7.67. The molecule has 4 rings (SSSR count). The molecule has 0 aliphatic carbocycles. The van der Waals surface area contributed by atoms with Crippen LogP contribution >= 0.6 is 23.2 Å². The number of carbonyl (C=O) groups excluding carboxylic acids is 2. The number of anilines is 2. The van der Waals surface area contributed by atoms with Crippen molar-refractivity contribution in [2.45, 2.75) is 39.0 Å². The molecule has 9 heteroatoms. The van der Waals surface area contributed by atoms with Gasteiger partial charge in [0.15, 0.2) is 0 Å². The van der Waals surface area contributed by atoms with Crippen molar-refractivity contribution in [3.63, 3.8) is 0 Å². The molecule has 0 bridgehead atoms. The summed E-state index contributed by atoms with van der Waals surface area (Å²) in [7, 11) is 0. The van der Waals surface area contributed by atoms with Gasteiger partial charge in [-0.3, -0.25) is 14.5 Å². The Morgan fingerprint density at radius 1 is 1.11 bits per heavy atom. The highest BCUT2D eigenvalue weighted by atomic mass is 35.5. The molecule has 37 heavy (non-hydrogen) atoms. The Morgan fingerprint density at radius 3 is 2.70 bits per heavy atom. The SMILES string of the molecule is CCCC(=O)OCC1Cc2ccc(OCCCCN3CCN(c4cccc(Cl)c4Cl)CC3)cc2NC1=O. The molecular weight excluding hydrogens is 513 g/mol. The molecule has 1 unspecified atom stereocenters. The maximum absolute atomic E-state index is 12.5. The molecule has 1 saturated heterocycles. The van der Waals surface area contributed by atoms with Crippen molar-refractivity contribution >= 4 is 46.5 Å². The van der Waals surface area contributed by atoms with Crippen LogP contribution in [-0.2, 0) is 20.7 Å². The number of piperazine rings is 1. The average molecular weight is 549 g/mol. The Balaban J connectivity index is 1.15. The molecule has 0 spiro atoms. The Labute approximate surface area is 229 Å². The molecule has 2 aromatic carbocycles. The van der Waals surface area contributed by atoms with E-state index in [0.29, 0.717) is 29.5 Å². The fraction of sp³-hybridized carbons (Fsp3) is 0.500. The quantitative estimate of drug-likeness (QED) is 0.299. The summed E-state index contributed by atoms with van der Waals surface area (Å²) < 4.78 is 11.2. The summed E-state index contributed by atoms with van der Waals surface area (Å²) in [6.07, 6.45) is 3.67. The second kappa shape index (κ2) is 13.4. The maximum Gasteiger partial charge on any atom is 0.305 e. The van der Waals surface area contributed by atoms with Crippen LogP contribution in [0.4, 0.5) is 11.4 Å². The van der Waals surface area contributed by atoms with E-state index in [2.05, 4.69) is 15.1 Å². The predicted molar refractivity (Wildman–Crippen MR) is 148 cm³/mol. The number of hydrogen-bond donors (Lipinski definition) is 1. The van der Waals surface area contributed by atoms with Crippen molar-refractivity contribution in [3.05, 3.63) is 52.0 Å². The third kappa shape index (κ3) is 7.53. The molecule has 0 aromatic heterocycles. The Hall–Kier alpha value is -2.48. The van der Waals surface area contributed by atoms with Gasteiger partial charge in [-0.15, -0.1) is 0 Å². The van der Waals surface area contributed by atoms with E-state index < -0.39 is 0 Å². The molecule has 0 radical (unpaired) electrons. The van der Waals surface area contributed by atoms with Gasteiger partial charge in [0.1, 0.15) is 12.4 Å². The van der Waals surface area contributed by atoms with Crippen LogP contribution in [0.25, 0.3) is 0 Å². The second-order valence-corrected chi connectivity index (χ2v) is 10.4. The summed E-state index contributed by atoms with van der Waals surface area (Å²) in [6.45, 7) is 7.54. The van der Waals surface area contributed by atoms with E-state index in [9.17, 15) is 9.59 Å². The van der Waals surface area contributed by atoms with Crippen LogP contribution in [0.5, 0.6) is 5.75 Å². The molecule has 1 atom stereocenters. The van der Waals surface area contributed by atoms with Crippen molar-refractivity contribution in [3.8, 4) is 5.75 Å². The first-order chi connectivity index (χ1) is 17.9. The van der Waals surface area contributed by atoms with Gasteiger partial charge < -0.3 is 19.7 Å². The number of nitrogens with one attached hydrogen (secondary N) is 1. The van der Waals surface area contributed by atoms with E-state index in [4.69, 9.17) is 32.7 Å². The number of halogens is 2. The summed E-state index contributed by atoms with van der Waals surface area (Å²) in [5, 5.41) is 4.16. The zero-order chi connectivity index (χ0) is 26.2. The van der Waals surface area contributed by atoms with Crippen LogP contribution < -0.4 is 15.0 Å². The molecule has 0 saturated carbocycles. The van der Waals surface area contributed by atoms with Crippen molar-refractivity contribution in [2.75, 3.05) is 56.2 Å². The lowest BCUT2D eigenvalue weighted by molar-refractivity contribution is -0.146. The monoisotopic (exact) mass is 547 g/mol. The fourth-order valence-corrected chi connectivity index (χ4v) is 5.13. The van der Waals surface area contributed by atoms with Crippen molar-refractivity contribution < 1.29 is 19.1 Å². The van der Waals surface area contributed by atoms with Crippen LogP contribution in [0.3, 0.4) is 0 Å². The van der Waals surface area contributed by atoms with Gasteiger partial charge in [0.05, 0.1) is 28.3 Å². The number of nitrogens with zero attached hydrogens (tertiary/aromatic N) is 2. The molecule has 2 aromatic rings. The van der Waals surface area contributed by atoms with Crippen molar-refractivity contribution in [1.82, 2.24) is 4.90 Å². The van der Waals surface area contributed by atoms with Gasteiger partial charge in [0, 0.05) is 44.4 Å². The summed E-state index contributed by atoms with van der Waals surface area (Å²) in [5.41, 5.74) is 2.81. The summed E-state index contributed by atoms with van der Waals surface area (Å²) in [5.74, 6) is 0.0181. The zero-order valence-electron chi connectivity index (χ0n) is 21.3. The van der Waals surface area contributed by atoms with Gasteiger partial charge in [-0.2, -0.15) is 0 Å². The molecule has 200 valence electrons. The van der Waals surface area contributed by atoms with Crippen LogP contribution in [0, 0.1) is 5.92 Å². The number of ether oxygens (including phenoxy) is 2. The van der Waals surface area contributed by atoms with Gasteiger partial charge >= 0.3 is 5.97 Å². The minimum atomic E-state index is -0.357. The number of benzene rings is 2. The second-order valence-electron chi connectivity index (χ2n) is 9.60. The standard InChI is InChI=1S/C28H35Cl2N3O4/c1-2-6-26(34)37-19-21-17-20-9-10-22(18-24(20)31-28(21)35)36-16-4-3-11-32-12-14-33(15-13-32)25-8-5-7-23(29)27(25)30/h5,7-10,18,21H,2-4,6,11-17,19H2,1H3,(H,31,35). The van der Waals surface area contributed by atoms with E-state index in [-0.39, 0.29) is 24.4 Å². The lowest BCUT2D eigenvalue weighted by Crippen LogP contribution is -2.46. The summed E-state index contributed by atoms with van der Waals surface area (Å²) in [6, 6.07) is 11.6. The van der Waals surface area contributed by atoms with E-state index >= 15 is 0 Å². The molecule has 1 amide bonds. The highest BCUT2D eigenvalue weighted by molar-refractivity contribution is 6.43. The number of unbranched alkanes of at least 4 members (excludes halogenated alkanes) is 1. The number of esters is 1. The van der Waals surface area contributed by atoms with E-state index in [1.54, 1.807) is 0 Å². The number of carbonyl (C=O) groups is 2. The molecule has 2 aliphatic rings. The molecular formula is C28H35Cl2N3O4. The van der Waals surface area contributed by atoms with E-state index in [0.717, 1.165) is 74.7 Å². The summed E-state index contributed by atoms with van der Waals surface area (Å²) >= 11 is 12.5. The van der Waals surface area contributed by atoms with Crippen LogP contribution in [0.1, 0.15) is 38.2 Å². The van der Waals surface area contributed by atoms with E-state index in [1.807, 2.05) is 43.3 Å². The van der Waals surface area contributed by atoms with Crippen LogP contribution in [0.2, 0.25) is 10.0 Å². The largest absolute Gasteiger partial charge is 0.494 e. The molecule has 2 heterocycles. The number of amides is 1. The highest BCUT2D eigenvalue weighted by Crippen LogP contribution is 2.33. The Kier molecular flexibility index (Phi) is 9.95. The summed E-state index contributed by atoms with van der Waals surface area (Å²) in [4.78, 5) is 28.8. The van der Waals surface area contributed by atoms with Crippen LogP contribution in [0.15, 0.2) is 36.4 Å². The smallest absolute Gasteiger partial charge is 0.305 e. The maximum atomic E-state index is 12.5. The van der Waals surface area contributed by atoms with Crippen molar-refractivity contribution in [1.29, 1.82) is 0 Å². The van der Waals surface area contributed by atoms with Crippen LogP contribution in [-0.4, -0.2) is 62.7 Å². The lowest BCUT2D eigenvalue weighted by Gasteiger charge is -2.36. The van der Waals surface area contributed by atoms with Gasteiger partial charge in [-0.05, 0) is 56.0 Å². The van der Waals surface area contributed by atoms with Crippen molar-refractivity contribution in [2.24, 2.45) is 5.92 Å². The minimum Gasteiger partial charge on any atom is -0.494 e. The van der Waals surface area contributed by atoms with E-state index in [1.165, 1.54) is 0 Å². The highest BCUT2D eigenvalue weighted by Gasteiger charge is 2.27. The number of fused-ring (bicyclic) bond motifs is 1. The molecule has 1 N–H and O–H groups in total. The normalized spacial score (nSPS) is 17.8.